The Hall–Kier alpha value is -3.53. The standard InChI is InChI=1S/C21H15F3N4O2S/c1-11-25-15(13-6-8-14(9-7-13)21(22,23)24)10-18(26-11)30-16-4-3-5-17-19(16)28-20(31-17)27-12(2)29/h3-10H,1-2H3,(H,27,28,29). The fourth-order valence-electron chi connectivity index (χ4n) is 2.89. The van der Waals surface area contributed by atoms with Crippen molar-refractivity contribution >= 4 is 32.6 Å². The summed E-state index contributed by atoms with van der Waals surface area (Å²) >= 11 is 1.31. The van der Waals surface area contributed by atoms with Crippen LogP contribution < -0.4 is 10.1 Å². The Labute approximate surface area is 178 Å². The molecular weight excluding hydrogens is 429 g/mol. The van der Waals surface area contributed by atoms with Crippen LogP contribution in [0.15, 0.2) is 48.5 Å². The highest BCUT2D eigenvalue weighted by Gasteiger charge is 2.30. The molecule has 2 aromatic heterocycles. The molecule has 31 heavy (non-hydrogen) atoms. The van der Waals surface area contributed by atoms with Crippen LogP contribution in [0.25, 0.3) is 21.5 Å². The molecule has 1 amide bonds. The summed E-state index contributed by atoms with van der Waals surface area (Å²) < 4.78 is 45.2. The Morgan fingerprint density at radius 1 is 1.06 bits per heavy atom. The number of rotatable bonds is 4. The summed E-state index contributed by atoms with van der Waals surface area (Å²) in [5.74, 6) is 0.830. The second-order valence-corrected chi connectivity index (χ2v) is 7.65. The first kappa shape index (κ1) is 20.7. The highest BCUT2D eigenvalue weighted by Crippen LogP contribution is 2.35. The monoisotopic (exact) mass is 444 g/mol. The lowest BCUT2D eigenvalue weighted by Gasteiger charge is -2.10. The number of alkyl halides is 3. The lowest BCUT2D eigenvalue weighted by Crippen LogP contribution is -2.04. The van der Waals surface area contributed by atoms with Crippen LogP contribution in [-0.2, 0) is 11.0 Å². The maximum Gasteiger partial charge on any atom is 0.416 e. The predicted octanol–water partition coefficient (Wildman–Crippen LogP) is 5.83. The third-order valence-corrected chi connectivity index (χ3v) is 5.14. The molecule has 0 bridgehead atoms. The number of benzene rings is 2. The van der Waals surface area contributed by atoms with Crippen molar-refractivity contribution in [2.24, 2.45) is 0 Å². The first-order chi connectivity index (χ1) is 14.7. The molecule has 0 aliphatic heterocycles. The van der Waals surface area contributed by atoms with Crippen LogP contribution in [-0.4, -0.2) is 20.9 Å². The van der Waals surface area contributed by atoms with Gasteiger partial charge in [0, 0.05) is 18.6 Å². The van der Waals surface area contributed by atoms with E-state index in [0.29, 0.717) is 33.5 Å². The highest BCUT2D eigenvalue weighted by atomic mass is 32.1. The molecule has 4 rings (SSSR count). The van der Waals surface area contributed by atoms with Gasteiger partial charge in [-0.1, -0.05) is 29.5 Å². The molecule has 4 aromatic rings. The number of amides is 1. The molecule has 2 heterocycles. The summed E-state index contributed by atoms with van der Waals surface area (Å²) in [6.45, 7) is 3.06. The first-order valence-corrected chi connectivity index (χ1v) is 9.89. The summed E-state index contributed by atoms with van der Waals surface area (Å²) in [7, 11) is 0. The maximum atomic E-state index is 12.8. The summed E-state index contributed by atoms with van der Waals surface area (Å²) in [5.41, 5.74) is 0.760. The van der Waals surface area contributed by atoms with E-state index in [2.05, 4.69) is 20.3 Å². The van der Waals surface area contributed by atoms with Crippen molar-refractivity contribution in [1.82, 2.24) is 15.0 Å². The normalized spacial score (nSPS) is 11.5. The van der Waals surface area contributed by atoms with Crippen molar-refractivity contribution in [3.05, 3.63) is 59.9 Å². The zero-order chi connectivity index (χ0) is 22.2. The molecule has 0 radical (unpaired) electrons. The summed E-state index contributed by atoms with van der Waals surface area (Å²) in [6.07, 6.45) is -4.41. The number of aromatic nitrogens is 3. The van der Waals surface area contributed by atoms with Gasteiger partial charge in [0.15, 0.2) is 10.9 Å². The Balaban J connectivity index is 1.66. The number of hydrogen-bond acceptors (Lipinski definition) is 6. The number of carbonyl (C=O) groups is 1. The molecule has 0 saturated carbocycles. The molecule has 0 unspecified atom stereocenters. The van der Waals surface area contributed by atoms with Crippen molar-refractivity contribution in [2.75, 3.05) is 5.32 Å². The Morgan fingerprint density at radius 3 is 2.48 bits per heavy atom. The fourth-order valence-corrected chi connectivity index (χ4v) is 3.82. The molecule has 10 heteroatoms. The third kappa shape index (κ3) is 4.64. The van der Waals surface area contributed by atoms with Gasteiger partial charge >= 0.3 is 6.18 Å². The van der Waals surface area contributed by atoms with Gasteiger partial charge in [0.2, 0.25) is 11.8 Å². The van der Waals surface area contributed by atoms with E-state index in [1.807, 2.05) is 6.07 Å². The SMILES string of the molecule is CC(=O)Nc1nc2c(Oc3cc(-c4ccc(C(F)(F)F)cc4)nc(C)n3)cccc2s1. The van der Waals surface area contributed by atoms with Crippen LogP contribution in [0.2, 0.25) is 0 Å². The predicted molar refractivity (Wildman–Crippen MR) is 111 cm³/mol. The quantitative estimate of drug-likeness (QED) is 0.428. The molecule has 0 spiro atoms. The largest absolute Gasteiger partial charge is 0.437 e. The van der Waals surface area contributed by atoms with Gasteiger partial charge in [0.25, 0.3) is 0 Å². The fraction of sp³-hybridized carbons (Fsp3) is 0.143. The van der Waals surface area contributed by atoms with E-state index in [-0.39, 0.29) is 11.8 Å². The van der Waals surface area contributed by atoms with Gasteiger partial charge in [-0.2, -0.15) is 18.2 Å². The molecule has 6 nitrogen and oxygen atoms in total. The van der Waals surface area contributed by atoms with Crippen LogP contribution >= 0.6 is 11.3 Å². The number of carbonyl (C=O) groups excluding carboxylic acids is 1. The molecule has 0 atom stereocenters. The van der Waals surface area contributed by atoms with Crippen molar-refractivity contribution in [3.63, 3.8) is 0 Å². The molecule has 1 N–H and O–H groups in total. The second kappa shape index (κ2) is 7.95. The van der Waals surface area contributed by atoms with Crippen molar-refractivity contribution in [2.45, 2.75) is 20.0 Å². The minimum absolute atomic E-state index is 0.226. The molecule has 0 fully saturated rings. The summed E-state index contributed by atoms with van der Waals surface area (Å²) in [5, 5.41) is 3.09. The van der Waals surface area contributed by atoms with E-state index in [1.54, 1.807) is 25.1 Å². The van der Waals surface area contributed by atoms with E-state index < -0.39 is 11.7 Å². The Bertz CT molecular complexity index is 1270. The van der Waals surface area contributed by atoms with E-state index in [4.69, 9.17) is 4.74 Å². The van der Waals surface area contributed by atoms with Crippen LogP contribution in [0.1, 0.15) is 18.3 Å². The van der Waals surface area contributed by atoms with Gasteiger partial charge in [0.1, 0.15) is 11.3 Å². The molecule has 0 aliphatic carbocycles. The van der Waals surface area contributed by atoms with E-state index >= 15 is 0 Å². The number of ether oxygens (including phenoxy) is 1. The average Bonchev–Trinajstić information content (AvgIpc) is 3.10. The number of halogens is 3. The summed E-state index contributed by atoms with van der Waals surface area (Å²) in [4.78, 5) is 24.3. The number of nitrogens with zero attached hydrogens (tertiary/aromatic N) is 3. The van der Waals surface area contributed by atoms with Crippen molar-refractivity contribution < 1.29 is 22.7 Å². The minimum atomic E-state index is -4.41. The van der Waals surface area contributed by atoms with Gasteiger partial charge < -0.3 is 10.1 Å². The van der Waals surface area contributed by atoms with E-state index in [9.17, 15) is 18.0 Å². The van der Waals surface area contributed by atoms with Gasteiger partial charge in [-0.15, -0.1) is 0 Å². The van der Waals surface area contributed by atoms with Crippen LogP contribution in [0.5, 0.6) is 11.6 Å². The first-order valence-electron chi connectivity index (χ1n) is 9.07. The second-order valence-electron chi connectivity index (χ2n) is 6.62. The van der Waals surface area contributed by atoms with Gasteiger partial charge in [-0.3, -0.25) is 4.79 Å². The van der Waals surface area contributed by atoms with Crippen LogP contribution in [0.4, 0.5) is 18.3 Å². The third-order valence-electron chi connectivity index (χ3n) is 4.20. The number of anilines is 1. The lowest BCUT2D eigenvalue weighted by molar-refractivity contribution is -0.137. The highest BCUT2D eigenvalue weighted by molar-refractivity contribution is 7.22. The zero-order valence-corrected chi connectivity index (χ0v) is 17.1. The van der Waals surface area contributed by atoms with Crippen LogP contribution in [0, 0.1) is 6.92 Å². The zero-order valence-electron chi connectivity index (χ0n) is 16.3. The van der Waals surface area contributed by atoms with Gasteiger partial charge in [0.05, 0.1) is 16.0 Å². The molecule has 0 aliphatic rings. The Kier molecular flexibility index (Phi) is 5.32. The van der Waals surface area contributed by atoms with Crippen molar-refractivity contribution in [1.29, 1.82) is 0 Å². The smallest absolute Gasteiger partial charge is 0.416 e. The number of hydrogen-bond donors (Lipinski definition) is 1. The van der Waals surface area contributed by atoms with E-state index in [1.165, 1.54) is 30.4 Å². The van der Waals surface area contributed by atoms with Crippen molar-refractivity contribution in [3.8, 4) is 22.9 Å². The molecule has 158 valence electrons. The minimum Gasteiger partial charge on any atom is -0.437 e. The number of fused-ring (bicyclic) bond motifs is 1. The van der Waals surface area contributed by atoms with Crippen LogP contribution in [0.3, 0.4) is 0 Å². The van der Waals surface area contributed by atoms with E-state index in [0.717, 1.165) is 16.8 Å². The summed E-state index contributed by atoms with van der Waals surface area (Å²) in [6, 6.07) is 11.6. The van der Waals surface area contributed by atoms with Gasteiger partial charge in [-0.25, -0.2) is 9.97 Å². The number of nitrogens with one attached hydrogen (secondary N) is 1. The molecular formula is C21H15F3N4O2S. The van der Waals surface area contributed by atoms with Gasteiger partial charge in [-0.05, 0) is 31.2 Å². The number of thiazole rings is 1. The number of para-hydroxylation sites is 1. The average molecular weight is 444 g/mol. The number of aryl methyl sites for hydroxylation is 1. The molecule has 0 saturated heterocycles. The maximum absolute atomic E-state index is 12.8. The lowest BCUT2D eigenvalue weighted by atomic mass is 10.1. The topological polar surface area (TPSA) is 77.0 Å². The molecule has 2 aromatic carbocycles. The Morgan fingerprint density at radius 2 is 1.81 bits per heavy atom.